The number of carbonyl (C=O) groups excluding carboxylic acids is 2. The van der Waals surface area contributed by atoms with E-state index in [1.165, 1.54) is 17.2 Å². The van der Waals surface area contributed by atoms with Gasteiger partial charge < -0.3 is 15.3 Å². The van der Waals surface area contributed by atoms with Crippen LogP contribution in [-0.4, -0.2) is 45.5 Å². The van der Waals surface area contributed by atoms with E-state index < -0.39 is 59.0 Å². The Bertz CT molecular complexity index is 1170. The lowest BCUT2D eigenvalue weighted by molar-refractivity contribution is -0.140. The van der Waals surface area contributed by atoms with Crippen molar-refractivity contribution in [1.29, 1.82) is 0 Å². The lowest BCUT2D eigenvalue weighted by Gasteiger charge is -2.39. The number of benzene rings is 1. The molecule has 1 aliphatic carbocycles. The predicted octanol–water partition coefficient (Wildman–Crippen LogP) is 4.17. The van der Waals surface area contributed by atoms with Gasteiger partial charge in [0.15, 0.2) is 0 Å². The highest BCUT2D eigenvalue weighted by atomic mass is 19.4. The summed E-state index contributed by atoms with van der Waals surface area (Å²) < 4.78 is 68.2. The number of nitrogens with one attached hydrogen (secondary N) is 1. The Morgan fingerprint density at radius 2 is 1.83 bits per heavy atom. The molecule has 1 saturated heterocycles. The maximum atomic E-state index is 14.8. The van der Waals surface area contributed by atoms with Crippen LogP contribution in [0, 0.1) is 30.4 Å². The molecule has 0 radical (unpaired) electrons. The first kappa shape index (κ1) is 26.0. The molecule has 2 aromatic rings. The Morgan fingerprint density at radius 1 is 1.14 bits per heavy atom. The summed E-state index contributed by atoms with van der Waals surface area (Å²) in [6, 6.07) is 1.58. The van der Waals surface area contributed by atoms with Crippen molar-refractivity contribution in [2.75, 3.05) is 6.54 Å². The van der Waals surface area contributed by atoms with Gasteiger partial charge in [0.2, 0.25) is 5.91 Å². The molecule has 0 bridgehead atoms. The zero-order valence-electron chi connectivity index (χ0n) is 19.6. The molecule has 194 valence electrons. The summed E-state index contributed by atoms with van der Waals surface area (Å²) in [5.41, 5.74) is -1.20. The summed E-state index contributed by atoms with van der Waals surface area (Å²) >= 11 is 0. The van der Waals surface area contributed by atoms with Gasteiger partial charge in [0.05, 0.1) is 17.7 Å². The molecule has 3 atom stereocenters. The molecule has 1 aromatic carbocycles. The summed E-state index contributed by atoms with van der Waals surface area (Å²) in [4.78, 5) is 32.0. The van der Waals surface area contributed by atoms with Gasteiger partial charge in [-0.05, 0) is 62.3 Å². The van der Waals surface area contributed by atoms with Gasteiger partial charge in [0, 0.05) is 29.6 Å². The van der Waals surface area contributed by atoms with Crippen LogP contribution in [0.2, 0.25) is 0 Å². The number of nitrogens with zero attached hydrogens (tertiary/aromatic N) is 2. The van der Waals surface area contributed by atoms with E-state index in [2.05, 4.69) is 10.3 Å². The molecule has 0 unspecified atom stereocenters. The average molecular weight is 511 g/mol. The molecule has 1 aliphatic heterocycles. The molecule has 2 heterocycles. The quantitative estimate of drug-likeness (QED) is 0.591. The van der Waals surface area contributed by atoms with Crippen LogP contribution in [0.4, 0.5) is 22.0 Å². The Labute approximate surface area is 204 Å². The smallest absolute Gasteiger partial charge is 0.393 e. The molecule has 2 N–H and O–H groups in total. The number of rotatable bonds is 5. The van der Waals surface area contributed by atoms with Crippen LogP contribution in [0.3, 0.4) is 0 Å². The number of carbonyl (C=O) groups is 2. The largest absolute Gasteiger partial charge is 0.419 e. The minimum atomic E-state index is -5.08. The first-order chi connectivity index (χ1) is 16.8. The number of hydrogen-bond donors (Lipinski definition) is 2. The van der Waals surface area contributed by atoms with Crippen molar-refractivity contribution in [3.05, 3.63) is 64.5 Å². The number of aliphatic hydroxyl groups excluding tert-OH is 1. The van der Waals surface area contributed by atoms with E-state index >= 15 is 0 Å². The zero-order chi connectivity index (χ0) is 26.4. The molecule has 6 nitrogen and oxygen atoms in total. The second kappa shape index (κ2) is 9.76. The number of pyridine rings is 1. The molecule has 2 fully saturated rings. The van der Waals surface area contributed by atoms with E-state index in [0.717, 1.165) is 0 Å². The van der Waals surface area contributed by atoms with Gasteiger partial charge in [-0.1, -0.05) is 6.92 Å². The minimum absolute atomic E-state index is 0.0168. The lowest BCUT2D eigenvalue weighted by atomic mass is 9.74. The molecule has 11 heteroatoms. The number of aliphatic hydroxyl groups is 1. The molecule has 1 saturated carbocycles. The van der Waals surface area contributed by atoms with Gasteiger partial charge in [-0.15, -0.1) is 0 Å². The number of hydrogen-bond acceptors (Lipinski definition) is 4. The number of amides is 2. The fourth-order valence-corrected chi connectivity index (χ4v) is 4.98. The Kier molecular flexibility index (Phi) is 7.05. The van der Waals surface area contributed by atoms with Crippen LogP contribution in [0.15, 0.2) is 30.5 Å². The molecular weight excluding hydrogens is 485 g/mol. The standard InChI is InChI=1S/C25H26F5N3O3/c1-12-5-21(33(11-12)24(36)14-3-4-31-13(2)6-14)23(35)32-22(15-7-16(34)8-15)17-9-20(27)18(10-19(17)26)25(28,29)30/h3-4,6,9-10,12,15-16,21-22,34H,5,7-8,11H2,1-2H3,(H,32,35)/t12-,15?,16?,21-,22-/m1/s1. The van der Waals surface area contributed by atoms with Crippen molar-refractivity contribution >= 4 is 11.8 Å². The van der Waals surface area contributed by atoms with Gasteiger partial charge in [0.25, 0.3) is 5.91 Å². The highest BCUT2D eigenvalue weighted by Crippen LogP contribution is 2.41. The van der Waals surface area contributed by atoms with Gasteiger partial charge in [-0.2, -0.15) is 13.2 Å². The molecule has 1 aromatic heterocycles. The van der Waals surface area contributed by atoms with Crippen molar-refractivity contribution in [1.82, 2.24) is 15.2 Å². The second-order valence-electron chi connectivity index (χ2n) is 9.72. The molecule has 2 amide bonds. The normalized spacial score (nSPS) is 24.8. The highest BCUT2D eigenvalue weighted by molar-refractivity contribution is 5.98. The number of aromatic nitrogens is 1. The van der Waals surface area contributed by atoms with E-state index in [1.54, 1.807) is 13.0 Å². The number of likely N-dealkylation sites (tertiary alicyclic amines) is 1. The van der Waals surface area contributed by atoms with E-state index in [1.807, 2.05) is 6.92 Å². The molecular formula is C25H26F5N3O3. The third-order valence-electron chi connectivity index (χ3n) is 6.86. The summed E-state index contributed by atoms with van der Waals surface area (Å²) in [6.45, 7) is 3.90. The third kappa shape index (κ3) is 5.21. The zero-order valence-corrected chi connectivity index (χ0v) is 19.6. The SMILES string of the molecule is Cc1cc(C(=O)N2C[C@H](C)C[C@@H]2C(=O)N[C@@H](c2cc(F)c(C(F)(F)F)cc2F)C2CC(O)C2)ccn1. The second-order valence-corrected chi connectivity index (χ2v) is 9.72. The number of halogens is 5. The average Bonchev–Trinajstić information content (AvgIpc) is 3.17. The third-order valence-corrected chi connectivity index (χ3v) is 6.86. The number of aryl methyl sites for hydroxylation is 1. The predicted molar refractivity (Wildman–Crippen MR) is 119 cm³/mol. The van der Waals surface area contributed by atoms with Gasteiger partial charge >= 0.3 is 6.18 Å². The first-order valence-electron chi connectivity index (χ1n) is 11.6. The molecule has 0 spiro atoms. The fourth-order valence-electron chi connectivity index (χ4n) is 4.98. The topological polar surface area (TPSA) is 82.5 Å². The van der Waals surface area contributed by atoms with Crippen LogP contribution in [0.5, 0.6) is 0 Å². The van der Waals surface area contributed by atoms with E-state index in [0.29, 0.717) is 30.3 Å². The van der Waals surface area contributed by atoms with E-state index in [9.17, 15) is 36.6 Å². The van der Waals surface area contributed by atoms with E-state index in [4.69, 9.17) is 0 Å². The van der Waals surface area contributed by atoms with Crippen LogP contribution in [0.1, 0.15) is 59.4 Å². The van der Waals surface area contributed by atoms with Gasteiger partial charge in [-0.25, -0.2) is 8.78 Å². The minimum Gasteiger partial charge on any atom is -0.393 e. The molecule has 4 rings (SSSR count). The van der Waals surface area contributed by atoms with Crippen molar-refractivity contribution in [2.24, 2.45) is 11.8 Å². The van der Waals surface area contributed by atoms with Crippen LogP contribution < -0.4 is 5.32 Å². The first-order valence-corrected chi connectivity index (χ1v) is 11.6. The van der Waals surface area contributed by atoms with Crippen molar-refractivity contribution in [3.63, 3.8) is 0 Å². The lowest BCUT2D eigenvalue weighted by Crippen LogP contribution is -2.49. The number of alkyl halides is 3. The van der Waals surface area contributed by atoms with E-state index in [-0.39, 0.29) is 30.7 Å². The van der Waals surface area contributed by atoms with Gasteiger partial charge in [0.1, 0.15) is 17.7 Å². The maximum Gasteiger partial charge on any atom is 0.419 e. The summed E-state index contributed by atoms with van der Waals surface area (Å²) in [6.07, 6.45) is -3.67. The van der Waals surface area contributed by atoms with Crippen molar-refractivity contribution in [2.45, 2.75) is 57.5 Å². The fraction of sp³-hybridized carbons (Fsp3) is 0.480. The van der Waals surface area contributed by atoms with Crippen molar-refractivity contribution in [3.8, 4) is 0 Å². The van der Waals surface area contributed by atoms with Crippen LogP contribution in [-0.2, 0) is 11.0 Å². The summed E-state index contributed by atoms with van der Waals surface area (Å²) in [5.74, 6) is -4.50. The highest BCUT2D eigenvalue weighted by Gasteiger charge is 2.43. The molecule has 2 aliphatic rings. The van der Waals surface area contributed by atoms with Crippen molar-refractivity contribution < 1.29 is 36.6 Å². The maximum absolute atomic E-state index is 14.8. The monoisotopic (exact) mass is 511 g/mol. The van der Waals surface area contributed by atoms with Crippen LogP contribution >= 0.6 is 0 Å². The summed E-state index contributed by atoms with van der Waals surface area (Å²) in [5, 5.41) is 12.4. The Morgan fingerprint density at radius 3 is 2.44 bits per heavy atom. The summed E-state index contributed by atoms with van der Waals surface area (Å²) in [7, 11) is 0. The van der Waals surface area contributed by atoms with Crippen LogP contribution in [0.25, 0.3) is 0 Å². The molecule has 36 heavy (non-hydrogen) atoms. The van der Waals surface area contributed by atoms with Gasteiger partial charge in [-0.3, -0.25) is 14.6 Å². The Hall–Kier alpha value is -3.08. The Balaban J connectivity index is 1.62.